The maximum atomic E-state index is 6.46. The molecule has 0 heterocycles. The van der Waals surface area contributed by atoms with Crippen LogP contribution in [0, 0.1) is 5.92 Å². The summed E-state index contributed by atoms with van der Waals surface area (Å²) in [7, 11) is 0. The highest BCUT2D eigenvalue weighted by Crippen LogP contribution is 2.34. The van der Waals surface area contributed by atoms with Crippen LogP contribution in [-0.4, -0.2) is 18.2 Å². The maximum absolute atomic E-state index is 6.46. The zero-order chi connectivity index (χ0) is 12.7. The second kappa shape index (κ2) is 7.38. The normalized spacial score (nSPS) is 22.4. The van der Waals surface area contributed by atoms with Gasteiger partial charge in [-0.2, -0.15) is 0 Å². The molecule has 1 fully saturated rings. The van der Waals surface area contributed by atoms with Gasteiger partial charge in [-0.05, 0) is 38.5 Å². The molecule has 1 unspecified atom stereocenters. The standard InChI is InChI=1S/C15H31NO/c1-4-17-15(11-7-5-6-8-12-15)14(16)10-9-13(2)3/h13-14H,4-12,16H2,1-3H3. The van der Waals surface area contributed by atoms with Crippen LogP contribution in [0.4, 0.5) is 0 Å². The molecule has 1 rings (SSSR count). The molecule has 102 valence electrons. The summed E-state index contributed by atoms with van der Waals surface area (Å²) < 4.78 is 6.12. The van der Waals surface area contributed by atoms with Crippen molar-refractivity contribution in [2.24, 2.45) is 11.7 Å². The van der Waals surface area contributed by atoms with Gasteiger partial charge in [0.25, 0.3) is 0 Å². The Hall–Kier alpha value is -0.0800. The van der Waals surface area contributed by atoms with Gasteiger partial charge in [-0.3, -0.25) is 0 Å². The van der Waals surface area contributed by atoms with Crippen LogP contribution >= 0.6 is 0 Å². The van der Waals surface area contributed by atoms with E-state index in [1.54, 1.807) is 0 Å². The molecule has 0 aromatic rings. The smallest absolute Gasteiger partial charge is 0.0832 e. The lowest BCUT2D eigenvalue weighted by molar-refractivity contribution is -0.0707. The number of rotatable bonds is 6. The SMILES string of the molecule is CCOC1(C(N)CCC(C)C)CCCCCC1. The predicted molar refractivity (Wildman–Crippen MR) is 74.1 cm³/mol. The molecule has 0 amide bonds. The lowest BCUT2D eigenvalue weighted by Gasteiger charge is -2.38. The minimum atomic E-state index is -0.0137. The molecule has 0 bridgehead atoms. The first-order chi connectivity index (χ1) is 8.10. The summed E-state index contributed by atoms with van der Waals surface area (Å²) in [5.41, 5.74) is 6.45. The molecule has 1 atom stereocenters. The Morgan fingerprint density at radius 3 is 2.12 bits per heavy atom. The average Bonchev–Trinajstić information content (AvgIpc) is 2.53. The molecule has 2 N–H and O–H groups in total. The van der Waals surface area contributed by atoms with Crippen LogP contribution in [0.25, 0.3) is 0 Å². The van der Waals surface area contributed by atoms with Gasteiger partial charge in [0, 0.05) is 12.6 Å². The van der Waals surface area contributed by atoms with Gasteiger partial charge < -0.3 is 10.5 Å². The molecular weight excluding hydrogens is 210 g/mol. The van der Waals surface area contributed by atoms with Gasteiger partial charge in [0.15, 0.2) is 0 Å². The number of ether oxygens (including phenoxy) is 1. The summed E-state index contributed by atoms with van der Waals surface area (Å²) >= 11 is 0. The zero-order valence-corrected chi connectivity index (χ0v) is 12.0. The van der Waals surface area contributed by atoms with Crippen molar-refractivity contribution in [3.8, 4) is 0 Å². The van der Waals surface area contributed by atoms with Crippen molar-refractivity contribution in [1.29, 1.82) is 0 Å². The van der Waals surface area contributed by atoms with Crippen molar-refractivity contribution in [3.63, 3.8) is 0 Å². The second-order valence-corrected chi connectivity index (χ2v) is 5.99. The first kappa shape index (κ1) is 15.0. The van der Waals surface area contributed by atoms with Crippen LogP contribution in [0.5, 0.6) is 0 Å². The Balaban J connectivity index is 2.60. The molecule has 0 spiro atoms. The van der Waals surface area contributed by atoms with Crippen molar-refractivity contribution < 1.29 is 4.74 Å². The molecule has 2 nitrogen and oxygen atoms in total. The van der Waals surface area contributed by atoms with E-state index in [1.165, 1.54) is 44.9 Å². The average molecular weight is 241 g/mol. The van der Waals surface area contributed by atoms with E-state index in [2.05, 4.69) is 20.8 Å². The van der Waals surface area contributed by atoms with E-state index < -0.39 is 0 Å². The largest absolute Gasteiger partial charge is 0.374 e. The molecule has 0 saturated heterocycles. The third-order valence-corrected chi connectivity index (χ3v) is 4.11. The topological polar surface area (TPSA) is 35.2 Å². The Bertz CT molecular complexity index is 195. The third kappa shape index (κ3) is 4.59. The van der Waals surface area contributed by atoms with Gasteiger partial charge in [0.05, 0.1) is 5.60 Å². The van der Waals surface area contributed by atoms with E-state index in [9.17, 15) is 0 Å². The van der Waals surface area contributed by atoms with Crippen molar-refractivity contribution in [1.82, 2.24) is 0 Å². The molecule has 0 aliphatic heterocycles. The van der Waals surface area contributed by atoms with E-state index in [4.69, 9.17) is 10.5 Å². The highest BCUT2D eigenvalue weighted by Gasteiger charge is 2.37. The summed E-state index contributed by atoms with van der Waals surface area (Å²) in [5, 5.41) is 0. The van der Waals surface area contributed by atoms with Crippen molar-refractivity contribution in [3.05, 3.63) is 0 Å². The highest BCUT2D eigenvalue weighted by molar-refractivity contribution is 4.92. The molecule has 0 aromatic heterocycles. The first-order valence-corrected chi connectivity index (χ1v) is 7.50. The van der Waals surface area contributed by atoms with E-state index in [0.717, 1.165) is 18.9 Å². The van der Waals surface area contributed by atoms with Crippen molar-refractivity contribution >= 4 is 0 Å². The van der Waals surface area contributed by atoms with Gasteiger partial charge >= 0.3 is 0 Å². The summed E-state index contributed by atoms with van der Waals surface area (Å²) in [6, 6.07) is 0.225. The predicted octanol–water partition coefficient (Wildman–Crippen LogP) is 3.88. The lowest BCUT2D eigenvalue weighted by Crippen LogP contribution is -2.50. The molecule has 1 saturated carbocycles. The van der Waals surface area contributed by atoms with Crippen LogP contribution in [0.15, 0.2) is 0 Å². The third-order valence-electron chi connectivity index (χ3n) is 4.11. The van der Waals surface area contributed by atoms with Crippen LogP contribution in [0.1, 0.15) is 72.1 Å². The summed E-state index contributed by atoms with van der Waals surface area (Å²) in [4.78, 5) is 0. The Morgan fingerprint density at radius 1 is 1.06 bits per heavy atom. The number of hydrogen-bond acceptors (Lipinski definition) is 2. The van der Waals surface area contributed by atoms with Crippen LogP contribution < -0.4 is 5.73 Å². The Morgan fingerprint density at radius 2 is 1.65 bits per heavy atom. The van der Waals surface area contributed by atoms with Crippen LogP contribution in [-0.2, 0) is 4.74 Å². The summed E-state index contributed by atoms with van der Waals surface area (Å²) in [6.45, 7) is 7.44. The van der Waals surface area contributed by atoms with E-state index in [0.29, 0.717) is 0 Å². The zero-order valence-electron chi connectivity index (χ0n) is 12.0. The lowest BCUT2D eigenvalue weighted by atomic mass is 9.83. The van der Waals surface area contributed by atoms with E-state index >= 15 is 0 Å². The first-order valence-electron chi connectivity index (χ1n) is 7.50. The summed E-state index contributed by atoms with van der Waals surface area (Å²) in [5.74, 6) is 0.741. The minimum Gasteiger partial charge on any atom is -0.374 e. The summed E-state index contributed by atoms with van der Waals surface area (Å²) in [6.07, 6.45) is 9.94. The molecule has 2 heteroatoms. The van der Waals surface area contributed by atoms with Gasteiger partial charge in [-0.25, -0.2) is 0 Å². The molecule has 1 aliphatic rings. The number of nitrogens with two attached hydrogens (primary N) is 1. The quantitative estimate of drug-likeness (QED) is 0.716. The highest BCUT2D eigenvalue weighted by atomic mass is 16.5. The fourth-order valence-corrected chi connectivity index (χ4v) is 3.01. The van der Waals surface area contributed by atoms with E-state index in [-0.39, 0.29) is 11.6 Å². The molecule has 0 aromatic carbocycles. The minimum absolute atomic E-state index is 0.0137. The van der Waals surface area contributed by atoms with E-state index in [1.807, 2.05) is 0 Å². The van der Waals surface area contributed by atoms with Gasteiger partial charge in [-0.15, -0.1) is 0 Å². The van der Waals surface area contributed by atoms with Crippen molar-refractivity contribution in [2.45, 2.75) is 83.8 Å². The number of hydrogen-bond donors (Lipinski definition) is 1. The van der Waals surface area contributed by atoms with Gasteiger partial charge in [0.2, 0.25) is 0 Å². The Kier molecular flexibility index (Phi) is 6.50. The second-order valence-electron chi connectivity index (χ2n) is 5.99. The van der Waals surface area contributed by atoms with Crippen LogP contribution in [0.2, 0.25) is 0 Å². The maximum Gasteiger partial charge on any atom is 0.0832 e. The molecule has 1 aliphatic carbocycles. The Labute approximate surface area is 107 Å². The molecule has 17 heavy (non-hydrogen) atoms. The fraction of sp³-hybridized carbons (Fsp3) is 1.00. The fourth-order valence-electron chi connectivity index (χ4n) is 3.01. The van der Waals surface area contributed by atoms with Gasteiger partial charge in [-0.1, -0.05) is 39.5 Å². The molecule has 0 radical (unpaired) electrons. The monoisotopic (exact) mass is 241 g/mol. The van der Waals surface area contributed by atoms with Gasteiger partial charge in [0.1, 0.15) is 0 Å². The van der Waals surface area contributed by atoms with Crippen LogP contribution in [0.3, 0.4) is 0 Å². The van der Waals surface area contributed by atoms with Crippen molar-refractivity contribution in [2.75, 3.05) is 6.61 Å². The molecular formula is C15H31NO.